The van der Waals surface area contributed by atoms with Crippen molar-refractivity contribution < 1.29 is 18.3 Å². The first-order chi connectivity index (χ1) is 12.0. The summed E-state index contributed by atoms with van der Waals surface area (Å²) in [5.74, 6) is 0. The molecule has 0 saturated carbocycles. The molecular weight excluding hydrogens is 354 g/mol. The van der Waals surface area contributed by atoms with Crippen LogP contribution in [0, 0.1) is 0 Å². The van der Waals surface area contributed by atoms with E-state index in [9.17, 15) is 18.3 Å². The van der Waals surface area contributed by atoms with Crippen molar-refractivity contribution in [1.82, 2.24) is 14.9 Å². The summed E-state index contributed by atoms with van der Waals surface area (Å²) in [7, 11) is -3.60. The lowest BCUT2D eigenvalue weighted by Gasteiger charge is -2.32. The molecule has 0 spiro atoms. The van der Waals surface area contributed by atoms with Crippen LogP contribution in [0.5, 0.6) is 0 Å². The van der Waals surface area contributed by atoms with E-state index < -0.39 is 16.1 Å². The Hall–Kier alpha value is -1.64. The van der Waals surface area contributed by atoms with Gasteiger partial charge in [0.1, 0.15) is 0 Å². The largest absolute Gasteiger partial charge is 0.393 e. The lowest BCUT2D eigenvalue weighted by Crippen LogP contribution is -2.49. The van der Waals surface area contributed by atoms with Crippen molar-refractivity contribution in [2.45, 2.75) is 63.6 Å². The summed E-state index contributed by atoms with van der Waals surface area (Å²) >= 11 is 0. The number of aliphatic hydroxyl groups excluding tert-OH is 1. The smallest absolute Gasteiger partial charge is 0.318 e. The van der Waals surface area contributed by atoms with Crippen molar-refractivity contribution in [3.8, 4) is 0 Å². The predicted octanol–water partition coefficient (Wildman–Crippen LogP) is 1.60. The predicted molar refractivity (Wildman–Crippen MR) is 100 cm³/mol. The summed E-state index contributed by atoms with van der Waals surface area (Å²) in [6.07, 6.45) is 0.429. The van der Waals surface area contributed by atoms with Crippen molar-refractivity contribution in [1.29, 1.82) is 0 Å². The number of aliphatic hydroxyl groups is 1. The zero-order chi connectivity index (χ0) is 19.5. The van der Waals surface area contributed by atoms with E-state index in [-0.39, 0.29) is 23.0 Å². The first-order valence-corrected chi connectivity index (χ1v) is 10.3. The van der Waals surface area contributed by atoms with Crippen LogP contribution in [0.3, 0.4) is 0 Å². The first-order valence-electron chi connectivity index (χ1n) is 8.84. The number of carbonyl (C=O) groups is 1. The van der Waals surface area contributed by atoms with E-state index in [2.05, 4.69) is 10.0 Å². The molecule has 7 nitrogen and oxygen atoms in total. The van der Waals surface area contributed by atoms with E-state index in [1.807, 2.05) is 20.8 Å². The number of hydrogen-bond acceptors (Lipinski definition) is 4. The molecule has 0 bridgehead atoms. The minimum atomic E-state index is -3.60. The SMILES string of the molecule is CC(O)CCNS(=O)(=O)c1ccc2c(c1)CCN(C(=O)NC(C)(C)C)C2. The fourth-order valence-electron chi connectivity index (χ4n) is 2.76. The summed E-state index contributed by atoms with van der Waals surface area (Å²) in [4.78, 5) is 14.3. The van der Waals surface area contributed by atoms with E-state index >= 15 is 0 Å². The zero-order valence-corrected chi connectivity index (χ0v) is 16.7. The van der Waals surface area contributed by atoms with Crippen LogP contribution in [-0.2, 0) is 23.0 Å². The van der Waals surface area contributed by atoms with Crippen LogP contribution < -0.4 is 10.0 Å². The molecule has 1 aromatic rings. The topological polar surface area (TPSA) is 98.7 Å². The van der Waals surface area contributed by atoms with Gasteiger partial charge in [-0.15, -0.1) is 0 Å². The number of hydrogen-bond donors (Lipinski definition) is 3. The fourth-order valence-corrected chi connectivity index (χ4v) is 3.85. The molecule has 8 heteroatoms. The van der Waals surface area contributed by atoms with Gasteiger partial charge < -0.3 is 15.3 Å². The van der Waals surface area contributed by atoms with Crippen molar-refractivity contribution >= 4 is 16.1 Å². The lowest BCUT2D eigenvalue weighted by atomic mass is 10.00. The summed E-state index contributed by atoms with van der Waals surface area (Å²) in [5, 5.41) is 12.2. The molecular formula is C18H29N3O4S. The number of carbonyl (C=O) groups excluding carboxylic acids is 1. The Balaban J connectivity index is 2.08. The third-order valence-corrected chi connectivity index (χ3v) is 5.58. The highest BCUT2D eigenvalue weighted by atomic mass is 32.2. The third kappa shape index (κ3) is 5.69. The minimum absolute atomic E-state index is 0.111. The number of fused-ring (bicyclic) bond motifs is 1. The average Bonchev–Trinajstić information content (AvgIpc) is 2.51. The number of sulfonamides is 1. The molecule has 0 aliphatic carbocycles. The Morgan fingerprint density at radius 3 is 2.62 bits per heavy atom. The summed E-state index contributed by atoms with van der Waals surface area (Å²) < 4.78 is 27.2. The van der Waals surface area contributed by atoms with Gasteiger partial charge in [-0.3, -0.25) is 0 Å². The van der Waals surface area contributed by atoms with E-state index in [1.165, 1.54) is 0 Å². The molecule has 146 valence electrons. The molecule has 1 heterocycles. The lowest BCUT2D eigenvalue weighted by molar-refractivity contribution is 0.183. The van der Waals surface area contributed by atoms with Gasteiger partial charge >= 0.3 is 6.03 Å². The van der Waals surface area contributed by atoms with Crippen LogP contribution in [0.2, 0.25) is 0 Å². The molecule has 0 radical (unpaired) electrons. The standard InChI is InChI=1S/C18H29N3O4S/c1-13(22)7-9-19-26(24,25)16-6-5-15-12-21(10-8-14(15)11-16)17(23)20-18(2,3)4/h5-6,11,13,19,22H,7-10,12H2,1-4H3,(H,20,23). The van der Waals surface area contributed by atoms with Gasteiger partial charge in [-0.1, -0.05) is 6.07 Å². The van der Waals surface area contributed by atoms with Crippen LogP contribution in [0.15, 0.2) is 23.1 Å². The van der Waals surface area contributed by atoms with E-state index in [0.717, 1.165) is 11.1 Å². The molecule has 3 N–H and O–H groups in total. The van der Waals surface area contributed by atoms with E-state index in [1.54, 1.807) is 30.0 Å². The third-order valence-electron chi connectivity index (χ3n) is 4.12. The Kier molecular flexibility index (Phi) is 6.31. The summed E-state index contributed by atoms with van der Waals surface area (Å²) in [6, 6.07) is 4.91. The highest BCUT2D eigenvalue weighted by Gasteiger charge is 2.25. The maximum absolute atomic E-state index is 12.4. The van der Waals surface area contributed by atoms with Gasteiger partial charge in [-0.2, -0.15) is 0 Å². The molecule has 2 rings (SSSR count). The van der Waals surface area contributed by atoms with Gasteiger partial charge in [0.15, 0.2) is 0 Å². The molecule has 0 saturated heterocycles. The van der Waals surface area contributed by atoms with Gasteiger partial charge in [-0.05, 0) is 63.8 Å². The maximum atomic E-state index is 12.4. The minimum Gasteiger partial charge on any atom is -0.393 e. The van der Waals surface area contributed by atoms with Crippen molar-refractivity contribution in [2.75, 3.05) is 13.1 Å². The molecule has 1 aliphatic heterocycles. The fraction of sp³-hybridized carbons (Fsp3) is 0.611. The summed E-state index contributed by atoms with van der Waals surface area (Å²) in [6.45, 7) is 8.63. The molecule has 0 aromatic heterocycles. The van der Waals surface area contributed by atoms with Crippen molar-refractivity contribution in [3.63, 3.8) is 0 Å². The molecule has 1 aromatic carbocycles. The van der Waals surface area contributed by atoms with Crippen LogP contribution in [0.1, 0.15) is 45.2 Å². The maximum Gasteiger partial charge on any atom is 0.318 e. The molecule has 1 unspecified atom stereocenters. The van der Waals surface area contributed by atoms with Crippen molar-refractivity contribution in [2.24, 2.45) is 0 Å². The molecule has 0 fully saturated rings. The number of urea groups is 1. The highest BCUT2D eigenvalue weighted by molar-refractivity contribution is 7.89. The number of nitrogens with one attached hydrogen (secondary N) is 2. The second-order valence-electron chi connectivity index (χ2n) is 7.82. The Labute approximate surface area is 155 Å². The molecule has 2 amide bonds. The Morgan fingerprint density at radius 1 is 1.31 bits per heavy atom. The normalized spacial score (nSPS) is 16.1. The average molecular weight is 384 g/mol. The van der Waals surface area contributed by atoms with Gasteiger partial charge in [0.25, 0.3) is 0 Å². The molecule has 1 aliphatic rings. The molecule has 26 heavy (non-hydrogen) atoms. The van der Waals surface area contributed by atoms with Crippen LogP contribution in [-0.4, -0.2) is 49.2 Å². The van der Waals surface area contributed by atoms with Crippen LogP contribution in [0.4, 0.5) is 4.79 Å². The quantitative estimate of drug-likeness (QED) is 0.719. The van der Waals surface area contributed by atoms with Gasteiger partial charge in [0.05, 0.1) is 11.0 Å². The van der Waals surface area contributed by atoms with E-state index in [4.69, 9.17) is 0 Å². The highest BCUT2D eigenvalue weighted by Crippen LogP contribution is 2.23. The second kappa shape index (κ2) is 7.94. The number of rotatable bonds is 5. The van der Waals surface area contributed by atoms with Gasteiger partial charge in [-0.25, -0.2) is 17.9 Å². The Morgan fingerprint density at radius 2 is 2.00 bits per heavy atom. The number of nitrogens with zero attached hydrogens (tertiary/aromatic N) is 1. The van der Waals surface area contributed by atoms with Gasteiger partial charge in [0, 0.05) is 25.2 Å². The second-order valence-corrected chi connectivity index (χ2v) is 9.58. The number of benzene rings is 1. The van der Waals surface area contributed by atoms with Crippen LogP contribution in [0.25, 0.3) is 0 Å². The van der Waals surface area contributed by atoms with Crippen molar-refractivity contribution in [3.05, 3.63) is 29.3 Å². The van der Waals surface area contributed by atoms with Gasteiger partial charge in [0.2, 0.25) is 10.0 Å². The first kappa shape index (κ1) is 20.7. The summed E-state index contributed by atoms with van der Waals surface area (Å²) in [5.41, 5.74) is 1.61. The number of amides is 2. The Bertz CT molecular complexity index is 754. The molecule has 1 atom stereocenters. The van der Waals surface area contributed by atoms with E-state index in [0.29, 0.717) is 25.9 Å². The zero-order valence-electron chi connectivity index (χ0n) is 15.9. The monoisotopic (exact) mass is 383 g/mol. The van der Waals surface area contributed by atoms with Crippen LogP contribution >= 0.6 is 0 Å².